The first kappa shape index (κ1) is 9.50. The van der Waals surface area contributed by atoms with Crippen LogP contribution in [0.3, 0.4) is 0 Å². The van der Waals surface area contributed by atoms with Gasteiger partial charge in [-0.25, -0.2) is 4.39 Å². The lowest BCUT2D eigenvalue weighted by atomic mass is 9.94. The van der Waals surface area contributed by atoms with Gasteiger partial charge in [-0.15, -0.1) is 0 Å². The van der Waals surface area contributed by atoms with Gasteiger partial charge in [0.25, 0.3) is 0 Å². The fourth-order valence-electron chi connectivity index (χ4n) is 1.93. The van der Waals surface area contributed by atoms with E-state index >= 15 is 0 Å². The molecule has 0 fully saturated rings. The van der Waals surface area contributed by atoms with Crippen LogP contribution in [-0.2, 0) is 6.42 Å². The molecule has 0 aromatic heterocycles. The monoisotopic (exact) mass is 194 g/mol. The Morgan fingerprint density at radius 1 is 1.36 bits per heavy atom. The molecule has 1 unspecified atom stereocenters. The highest BCUT2D eigenvalue weighted by atomic mass is 19.1. The number of halogens is 1. The van der Waals surface area contributed by atoms with Gasteiger partial charge in [0.05, 0.1) is 6.61 Å². The second kappa shape index (κ2) is 3.26. The van der Waals surface area contributed by atoms with Crippen LogP contribution in [0.25, 0.3) is 0 Å². The van der Waals surface area contributed by atoms with Gasteiger partial charge in [0, 0.05) is 0 Å². The standard InChI is InChI=1S/C12H15FO/c1-7-4-10-5-11(13)8(2)9(3)12(10)14-6-7/h5,7H,4,6H2,1-3H3. The molecule has 0 aliphatic carbocycles. The summed E-state index contributed by atoms with van der Waals surface area (Å²) in [7, 11) is 0. The van der Waals surface area contributed by atoms with Crippen molar-refractivity contribution in [3.63, 3.8) is 0 Å². The SMILES string of the molecule is Cc1c(F)cc2c(c1C)OCC(C)C2. The van der Waals surface area contributed by atoms with Crippen molar-refractivity contribution >= 4 is 0 Å². The number of ether oxygens (including phenoxy) is 1. The highest BCUT2D eigenvalue weighted by molar-refractivity contribution is 5.47. The van der Waals surface area contributed by atoms with Gasteiger partial charge in [-0.3, -0.25) is 0 Å². The molecule has 1 nitrogen and oxygen atoms in total. The Balaban J connectivity index is 2.54. The second-order valence-electron chi connectivity index (χ2n) is 4.22. The highest BCUT2D eigenvalue weighted by Gasteiger charge is 2.20. The summed E-state index contributed by atoms with van der Waals surface area (Å²) in [6.45, 7) is 6.59. The van der Waals surface area contributed by atoms with Crippen LogP contribution in [0.4, 0.5) is 4.39 Å². The molecule has 14 heavy (non-hydrogen) atoms. The van der Waals surface area contributed by atoms with Gasteiger partial charge >= 0.3 is 0 Å². The van der Waals surface area contributed by atoms with Gasteiger partial charge in [-0.1, -0.05) is 6.92 Å². The molecule has 1 aromatic rings. The van der Waals surface area contributed by atoms with E-state index in [1.807, 2.05) is 6.92 Å². The molecule has 1 aliphatic heterocycles. The van der Waals surface area contributed by atoms with Crippen LogP contribution in [0, 0.1) is 25.6 Å². The molecule has 1 aliphatic rings. The van der Waals surface area contributed by atoms with Gasteiger partial charge in [-0.2, -0.15) is 0 Å². The molecule has 1 heterocycles. The first-order chi connectivity index (χ1) is 6.59. The minimum Gasteiger partial charge on any atom is -0.493 e. The minimum absolute atomic E-state index is 0.112. The van der Waals surface area contributed by atoms with Crippen molar-refractivity contribution in [3.05, 3.63) is 28.6 Å². The van der Waals surface area contributed by atoms with Gasteiger partial charge in [0.1, 0.15) is 11.6 Å². The highest BCUT2D eigenvalue weighted by Crippen LogP contribution is 2.33. The summed E-state index contributed by atoms with van der Waals surface area (Å²) in [6.07, 6.45) is 0.924. The zero-order valence-corrected chi connectivity index (χ0v) is 8.86. The molecule has 0 saturated carbocycles. The molecule has 2 rings (SSSR count). The maximum Gasteiger partial charge on any atom is 0.126 e. The zero-order valence-electron chi connectivity index (χ0n) is 8.86. The third kappa shape index (κ3) is 1.39. The Labute approximate surface area is 83.9 Å². The Hall–Kier alpha value is -1.05. The minimum atomic E-state index is -0.112. The lowest BCUT2D eigenvalue weighted by Crippen LogP contribution is -2.19. The van der Waals surface area contributed by atoms with Crippen LogP contribution in [0.1, 0.15) is 23.6 Å². The lowest BCUT2D eigenvalue weighted by molar-refractivity contribution is 0.231. The predicted molar refractivity (Wildman–Crippen MR) is 54.2 cm³/mol. The number of benzene rings is 1. The quantitative estimate of drug-likeness (QED) is 0.617. The molecule has 0 bridgehead atoms. The lowest BCUT2D eigenvalue weighted by Gasteiger charge is -2.25. The Morgan fingerprint density at radius 3 is 2.79 bits per heavy atom. The topological polar surface area (TPSA) is 9.23 Å². The van der Waals surface area contributed by atoms with Crippen LogP contribution < -0.4 is 4.74 Å². The summed E-state index contributed by atoms with van der Waals surface area (Å²) >= 11 is 0. The van der Waals surface area contributed by atoms with Crippen molar-refractivity contribution in [2.45, 2.75) is 27.2 Å². The fourth-order valence-corrected chi connectivity index (χ4v) is 1.93. The molecule has 2 heteroatoms. The van der Waals surface area contributed by atoms with Crippen molar-refractivity contribution in [1.29, 1.82) is 0 Å². The third-order valence-corrected chi connectivity index (χ3v) is 2.93. The molecule has 0 saturated heterocycles. The molecule has 0 spiro atoms. The normalized spacial score (nSPS) is 20.1. The zero-order chi connectivity index (χ0) is 10.3. The molecule has 1 atom stereocenters. The van der Waals surface area contributed by atoms with E-state index in [0.717, 1.165) is 29.9 Å². The summed E-state index contributed by atoms with van der Waals surface area (Å²) in [5.74, 6) is 1.28. The van der Waals surface area contributed by atoms with Gasteiger partial charge in [-0.05, 0) is 48.9 Å². The van der Waals surface area contributed by atoms with Crippen LogP contribution >= 0.6 is 0 Å². The van der Waals surface area contributed by atoms with E-state index in [1.165, 1.54) is 0 Å². The van der Waals surface area contributed by atoms with E-state index < -0.39 is 0 Å². The summed E-state index contributed by atoms with van der Waals surface area (Å²) in [5, 5.41) is 0. The number of hydrogen-bond acceptors (Lipinski definition) is 1. The second-order valence-corrected chi connectivity index (χ2v) is 4.22. The van der Waals surface area contributed by atoms with E-state index in [2.05, 4.69) is 6.92 Å². The van der Waals surface area contributed by atoms with Gasteiger partial charge in [0.15, 0.2) is 0 Å². The Kier molecular flexibility index (Phi) is 2.22. The van der Waals surface area contributed by atoms with Crippen molar-refractivity contribution < 1.29 is 9.13 Å². The van der Waals surface area contributed by atoms with Crippen molar-refractivity contribution in [3.8, 4) is 5.75 Å². The van der Waals surface area contributed by atoms with Crippen LogP contribution in [0.2, 0.25) is 0 Å². The molecule has 0 amide bonds. The third-order valence-electron chi connectivity index (χ3n) is 2.93. The smallest absolute Gasteiger partial charge is 0.126 e. The molecule has 0 N–H and O–H groups in total. The van der Waals surface area contributed by atoms with Crippen molar-refractivity contribution in [1.82, 2.24) is 0 Å². The van der Waals surface area contributed by atoms with E-state index in [-0.39, 0.29) is 5.82 Å². The van der Waals surface area contributed by atoms with Crippen LogP contribution in [-0.4, -0.2) is 6.61 Å². The average molecular weight is 194 g/mol. The first-order valence-electron chi connectivity index (χ1n) is 5.01. The molecular weight excluding hydrogens is 179 g/mol. The van der Waals surface area contributed by atoms with E-state index in [9.17, 15) is 4.39 Å². The Bertz CT molecular complexity index is 371. The van der Waals surface area contributed by atoms with Gasteiger partial charge in [0.2, 0.25) is 0 Å². The summed E-state index contributed by atoms with van der Waals surface area (Å²) < 4.78 is 19.1. The van der Waals surface area contributed by atoms with Crippen LogP contribution in [0.15, 0.2) is 6.07 Å². The number of hydrogen-bond donors (Lipinski definition) is 0. The average Bonchev–Trinajstić information content (AvgIpc) is 2.14. The summed E-state index contributed by atoms with van der Waals surface area (Å²) in [5.41, 5.74) is 2.68. The van der Waals surface area contributed by atoms with E-state index in [1.54, 1.807) is 13.0 Å². The van der Waals surface area contributed by atoms with Gasteiger partial charge < -0.3 is 4.74 Å². The maximum atomic E-state index is 13.4. The Morgan fingerprint density at radius 2 is 2.07 bits per heavy atom. The summed E-state index contributed by atoms with van der Waals surface area (Å²) in [6, 6.07) is 1.62. The van der Waals surface area contributed by atoms with Crippen molar-refractivity contribution in [2.24, 2.45) is 5.92 Å². The summed E-state index contributed by atoms with van der Waals surface area (Å²) in [4.78, 5) is 0. The largest absolute Gasteiger partial charge is 0.493 e. The fraction of sp³-hybridized carbons (Fsp3) is 0.500. The first-order valence-corrected chi connectivity index (χ1v) is 5.01. The number of rotatable bonds is 0. The molecule has 0 radical (unpaired) electrons. The van der Waals surface area contributed by atoms with E-state index in [0.29, 0.717) is 11.5 Å². The van der Waals surface area contributed by atoms with E-state index in [4.69, 9.17) is 4.74 Å². The maximum absolute atomic E-state index is 13.4. The molecular formula is C12H15FO. The molecule has 76 valence electrons. The van der Waals surface area contributed by atoms with Crippen molar-refractivity contribution in [2.75, 3.05) is 6.61 Å². The predicted octanol–water partition coefficient (Wildman–Crippen LogP) is 3.01. The van der Waals surface area contributed by atoms with Crippen LogP contribution in [0.5, 0.6) is 5.75 Å². The molecule has 1 aromatic carbocycles. The number of fused-ring (bicyclic) bond motifs is 1.